The third-order valence-electron chi connectivity index (χ3n) is 3.83. The van der Waals surface area contributed by atoms with E-state index in [-0.39, 0.29) is 12.0 Å². The van der Waals surface area contributed by atoms with E-state index in [0.717, 1.165) is 5.46 Å². The quantitative estimate of drug-likeness (QED) is 0.633. The van der Waals surface area contributed by atoms with Gasteiger partial charge in [-0.2, -0.15) is 0 Å². The number of carbonyl (C=O) groups excluding carboxylic acids is 1. The summed E-state index contributed by atoms with van der Waals surface area (Å²) in [6.45, 7) is 7.85. The van der Waals surface area contributed by atoms with Crippen LogP contribution in [0.2, 0.25) is 0 Å². The van der Waals surface area contributed by atoms with E-state index in [1.165, 1.54) is 0 Å². The van der Waals surface area contributed by atoms with Crippen molar-refractivity contribution in [1.82, 2.24) is 4.98 Å². The van der Waals surface area contributed by atoms with Crippen LogP contribution in [0.25, 0.3) is 0 Å². The van der Waals surface area contributed by atoms with Gasteiger partial charge in [0.1, 0.15) is 6.29 Å². The van der Waals surface area contributed by atoms with Crippen LogP contribution in [0.3, 0.4) is 0 Å². The van der Waals surface area contributed by atoms with Crippen molar-refractivity contribution in [1.29, 1.82) is 0 Å². The van der Waals surface area contributed by atoms with Crippen LogP contribution in [-0.2, 0) is 20.5 Å². The molecule has 1 aromatic heterocycles. The highest BCUT2D eigenvalue weighted by molar-refractivity contribution is 6.62. The van der Waals surface area contributed by atoms with Gasteiger partial charge >= 0.3 is 7.12 Å². The van der Waals surface area contributed by atoms with Crippen molar-refractivity contribution < 1.29 is 14.1 Å². The molecule has 0 saturated carbocycles. The first-order valence-corrected chi connectivity index (χ1v) is 6.27. The number of nitrogens with one attached hydrogen (secondary N) is 1. The monoisotopic (exact) mass is 263 g/mol. The third kappa shape index (κ3) is 2.50. The molecule has 6 heteroatoms. The van der Waals surface area contributed by atoms with E-state index in [1.54, 1.807) is 12.3 Å². The highest BCUT2D eigenvalue weighted by Crippen LogP contribution is 2.36. The summed E-state index contributed by atoms with van der Waals surface area (Å²) in [6, 6.07) is 1.66. The van der Waals surface area contributed by atoms with Gasteiger partial charge in [0.15, 0.2) is 0 Å². The summed E-state index contributed by atoms with van der Waals surface area (Å²) < 4.78 is 11.8. The first-order chi connectivity index (χ1) is 8.77. The van der Waals surface area contributed by atoms with Crippen LogP contribution < -0.4 is 11.0 Å². The number of pyridine rings is 1. The molecule has 1 aliphatic heterocycles. The molecule has 2 rings (SSSR count). The zero-order valence-electron chi connectivity index (χ0n) is 11.6. The molecule has 0 aliphatic carbocycles. The summed E-state index contributed by atoms with van der Waals surface area (Å²) in [6.07, 6.45) is 2.36. The SMILES string of the molecule is CC1(C)OB(c2c[nH]c(=O)c(CC=O)c2)OC1(C)C. The summed E-state index contributed by atoms with van der Waals surface area (Å²) in [4.78, 5) is 24.7. The number of H-pyrrole nitrogens is 1. The van der Waals surface area contributed by atoms with E-state index >= 15 is 0 Å². The lowest BCUT2D eigenvalue weighted by Crippen LogP contribution is -2.41. The Morgan fingerprint density at radius 1 is 1.26 bits per heavy atom. The van der Waals surface area contributed by atoms with Gasteiger partial charge in [0.05, 0.1) is 11.2 Å². The van der Waals surface area contributed by atoms with E-state index in [0.29, 0.717) is 11.8 Å². The number of hydrogen-bond acceptors (Lipinski definition) is 4. The molecule has 0 unspecified atom stereocenters. The molecule has 0 atom stereocenters. The molecule has 19 heavy (non-hydrogen) atoms. The molecule has 2 heterocycles. The van der Waals surface area contributed by atoms with E-state index in [4.69, 9.17) is 9.31 Å². The Balaban J connectivity index is 2.32. The summed E-state index contributed by atoms with van der Waals surface area (Å²) in [5.41, 5.74) is 0.0155. The van der Waals surface area contributed by atoms with Crippen LogP contribution in [0.15, 0.2) is 17.1 Å². The van der Waals surface area contributed by atoms with E-state index in [9.17, 15) is 9.59 Å². The lowest BCUT2D eigenvalue weighted by Gasteiger charge is -2.32. The van der Waals surface area contributed by atoms with Crippen molar-refractivity contribution in [2.45, 2.75) is 45.3 Å². The molecule has 1 N–H and O–H groups in total. The van der Waals surface area contributed by atoms with Crippen molar-refractivity contribution >= 4 is 18.9 Å². The minimum Gasteiger partial charge on any atom is -0.399 e. The van der Waals surface area contributed by atoms with E-state index in [1.807, 2.05) is 27.7 Å². The van der Waals surface area contributed by atoms with Gasteiger partial charge in [0, 0.05) is 18.2 Å². The molecule has 0 bridgehead atoms. The van der Waals surface area contributed by atoms with Gasteiger partial charge in [-0.05, 0) is 33.2 Å². The molecule has 0 amide bonds. The van der Waals surface area contributed by atoms with Crippen LogP contribution >= 0.6 is 0 Å². The van der Waals surface area contributed by atoms with Crippen molar-refractivity contribution in [3.05, 3.63) is 28.2 Å². The highest BCUT2D eigenvalue weighted by atomic mass is 16.7. The largest absolute Gasteiger partial charge is 0.496 e. The smallest absolute Gasteiger partial charge is 0.399 e. The zero-order chi connectivity index (χ0) is 14.3. The second-order valence-corrected chi connectivity index (χ2v) is 5.75. The van der Waals surface area contributed by atoms with Crippen molar-refractivity contribution in [3.8, 4) is 0 Å². The predicted molar refractivity (Wildman–Crippen MR) is 72.5 cm³/mol. The summed E-state index contributed by atoms with van der Waals surface area (Å²) in [5.74, 6) is 0. The third-order valence-corrected chi connectivity index (χ3v) is 3.83. The molecule has 1 aromatic rings. The van der Waals surface area contributed by atoms with Crippen LogP contribution in [0.1, 0.15) is 33.3 Å². The standard InChI is InChI=1S/C13H18BNO4/c1-12(2)13(3,4)19-14(18-12)10-7-9(5-6-16)11(17)15-8-10/h6-8H,5H2,1-4H3,(H,15,17). The molecule has 0 spiro atoms. The molecule has 1 fully saturated rings. The Kier molecular flexibility index (Phi) is 3.41. The predicted octanol–water partition coefficient (Wildman–Crippen LogP) is 0.415. The summed E-state index contributed by atoms with van der Waals surface area (Å²) >= 11 is 0. The number of rotatable bonds is 3. The van der Waals surface area contributed by atoms with Crippen LogP contribution in [0.5, 0.6) is 0 Å². The number of carbonyl (C=O) groups is 1. The maximum absolute atomic E-state index is 11.5. The van der Waals surface area contributed by atoms with Gasteiger partial charge in [0.25, 0.3) is 5.56 Å². The highest BCUT2D eigenvalue weighted by Gasteiger charge is 2.51. The second kappa shape index (κ2) is 4.61. The first kappa shape index (κ1) is 14.0. The van der Waals surface area contributed by atoms with Crippen molar-refractivity contribution in [2.75, 3.05) is 0 Å². The molecular formula is C13H18BNO4. The number of aromatic nitrogens is 1. The second-order valence-electron chi connectivity index (χ2n) is 5.75. The molecule has 1 aliphatic rings. The maximum Gasteiger partial charge on any atom is 0.496 e. The Morgan fingerprint density at radius 3 is 2.37 bits per heavy atom. The van der Waals surface area contributed by atoms with Gasteiger partial charge < -0.3 is 19.1 Å². The number of hydrogen-bond donors (Lipinski definition) is 1. The Labute approximate surface area is 112 Å². The summed E-state index contributed by atoms with van der Waals surface area (Å²) in [7, 11) is -0.535. The Bertz CT molecular complexity index is 534. The van der Waals surface area contributed by atoms with Crippen molar-refractivity contribution in [3.63, 3.8) is 0 Å². The molecule has 1 saturated heterocycles. The molecule has 0 aromatic carbocycles. The van der Waals surface area contributed by atoms with Gasteiger partial charge in [-0.3, -0.25) is 4.79 Å². The fourth-order valence-corrected chi connectivity index (χ4v) is 1.91. The minimum absolute atomic E-state index is 0.0860. The van der Waals surface area contributed by atoms with E-state index < -0.39 is 18.3 Å². The fraction of sp³-hybridized carbons (Fsp3) is 0.538. The maximum atomic E-state index is 11.5. The fourth-order valence-electron chi connectivity index (χ4n) is 1.91. The molecule has 102 valence electrons. The first-order valence-electron chi connectivity index (χ1n) is 6.27. The summed E-state index contributed by atoms with van der Waals surface area (Å²) in [5, 5.41) is 0. The number of aromatic amines is 1. The minimum atomic E-state index is -0.535. The average Bonchev–Trinajstić information content (AvgIpc) is 2.51. The molecular weight excluding hydrogens is 245 g/mol. The lowest BCUT2D eigenvalue weighted by molar-refractivity contribution is -0.107. The van der Waals surface area contributed by atoms with Crippen molar-refractivity contribution in [2.24, 2.45) is 0 Å². The Morgan fingerprint density at radius 2 is 1.84 bits per heavy atom. The van der Waals surface area contributed by atoms with Gasteiger partial charge in [-0.15, -0.1) is 0 Å². The van der Waals surface area contributed by atoms with Gasteiger partial charge in [0.2, 0.25) is 0 Å². The number of aldehydes is 1. The normalized spacial score (nSPS) is 20.5. The van der Waals surface area contributed by atoms with Gasteiger partial charge in [-0.1, -0.05) is 6.07 Å². The topological polar surface area (TPSA) is 68.4 Å². The Hall–Kier alpha value is -1.40. The van der Waals surface area contributed by atoms with Gasteiger partial charge in [-0.25, -0.2) is 0 Å². The van der Waals surface area contributed by atoms with Crippen LogP contribution in [0.4, 0.5) is 0 Å². The van der Waals surface area contributed by atoms with Crippen LogP contribution in [-0.4, -0.2) is 29.6 Å². The zero-order valence-corrected chi connectivity index (χ0v) is 11.6. The molecule has 5 nitrogen and oxygen atoms in total. The average molecular weight is 263 g/mol. The lowest BCUT2D eigenvalue weighted by atomic mass is 9.79. The molecule has 0 radical (unpaired) electrons. The van der Waals surface area contributed by atoms with E-state index in [2.05, 4.69) is 4.98 Å². The van der Waals surface area contributed by atoms with Crippen LogP contribution in [0, 0.1) is 0 Å².